The summed E-state index contributed by atoms with van der Waals surface area (Å²) in [5.74, 6) is -1.62. The van der Waals surface area contributed by atoms with Crippen LogP contribution in [0.3, 0.4) is 0 Å². The van der Waals surface area contributed by atoms with Gasteiger partial charge in [0, 0.05) is 0 Å². The van der Waals surface area contributed by atoms with E-state index in [1.54, 1.807) is 27.7 Å². The lowest BCUT2D eigenvalue weighted by molar-refractivity contribution is -0.169. The van der Waals surface area contributed by atoms with Gasteiger partial charge >= 0.3 is 19.8 Å². The second kappa shape index (κ2) is 8.24. The Balaban J connectivity index is 4.90. The van der Waals surface area contributed by atoms with Gasteiger partial charge in [-0.05, 0) is 18.8 Å². The first-order valence-electron chi connectivity index (χ1n) is 7.28. The fourth-order valence-electron chi connectivity index (χ4n) is 2.28. The van der Waals surface area contributed by atoms with Crippen LogP contribution in [0.4, 0.5) is 0 Å². The molecular formula is C14H27O8P. The highest BCUT2D eigenvalue weighted by Crippen LogP contribution is 2.48. The van der Waals surface area contributed by atoms with Gasteiger partial charge < -0.3 is 19.3 Å². The Morgan fingerprint density at radius 1 is 1.17 bits per heavy atom. The zero-order chi connectivity index (χ0) is 18.5. The van der Waals surface area contributed by atoms with Crippen LogP contribution in [-0.2, 0) is 28.2 Å². The third-order valence-corrected chi connectivity index (χ3v) is 5.31. The van der Waals surface area contributed by atoms with Crippen LogP contribution >= 0.6 is 7.82 Å². The summed E-state index contributed by atoms with van der Waals surface area (Å²) in [4.78, 5) is 41.4. The molecule has 0 aromatic rings. The Morgan fingerprint density at radius 2 is 1.70 bits per heavy atom. The Kier molecular flexibility index (Phi) is 7.90. The Morgan fingerprint density at radius 3 is 2.09 bits per heavy atom. The average Bonchev–Trinajstić information content (AvgIpc) is 2.47. The van der Waals surface area contributed by atoms with Crippen molar-refractivity contribution in [3.8, 4) is 0 Å². The molecule has 0 aliphatic carbocycles. The van der Waals surface area contributed by atoms with Crippen molar-refractivity contribution in [2.75, 3.05) is 20.3 Å². The third-order valence-electron chi connectivity index (χ3n) is 4.79. The molecule has 0 saturated heterocycles. The van der Waals surface area contributed by atoms with Gasteiger partial charge in [-0.2, -0.15) is 0 Å². The maximum absolute atomic E-state index is 12.2. The van der Waals surface area contributed by atoms with Gasteiger partial charge in [0.15, 0.2) is 0 Å². The zero-order valence-corrected chi connectivity index (χ0v) is 15.4. The first-order valence-corrected chi connectivity index (χ1v) is 8.81. The van der Waals surface area contributed by atoms with Crippen LogP contribution in [0.25, 0.3) is 0 Å². The van der Waals surface area contributed by atoms with Crippen LogP contribution < -0.4 is 0 Å². The number of methoxy groups -OCH3 is 1. The Labute approximate surface area is 136 Å². The summed E-state index contributed by atoms with van der Waals surface area (Å²) in [6, 6.07) is 0. The molecular weight excluding hydrogens is 327 g/mol. The van der Waals surface area contributed by atoms with Gasteiger partial charge in [-0.1, -0.05) is 27.7 Å². The molecule has 2 N–H and O–H groups in total. The van der Waals surface area contributed by atoms with Gasteiger partial charge in [-0.3, -0.25) is 14.1 Å². The summed E-state index contributed by atoms with van der Waals surface area (Å²) in [5, 5.41) is 0. The van der Waals surface area contributed by atoms with Crippen molar-refractivity contribution < 1.29 is 37.9 Å². The molecule has 0 heterocycles. The zero-order valence-electron chi connectivity index (χ0n) is 14.5. The number of rotatable bonds is 9. The molecule has 9 heteroatoms. The second-order valence-electron chi connectivity index (χ2n) is 6.11. The topological polar surface area (TPSA) is 119 Å². The van der Waals surface area contributed by atoms with Crippen LogP contribution in [0.1, 0.15) is 41.0 Å². The van der Waals surface area contributed by atoms with Crippen molar-refractivity contribution in [2.24, 2.45) is 16.7 Å². The molecule has 0 fully saturated rings. The van der Waals surface area contributed by atoms with Crippen LogP contribution in [0.5, 0.6) is 0 Å². The van der Waals surface area contributed by atoms with Crippen LogP contribution in [0.15, 0.2) is 0 Å². The van der Waals surface area contributed by atoms with Crippen molar-refractivity contribution in [1.29, 1.82) is 0 Å². The maximum Gasteiger partial charge on any atom is 0.469 e. The lowest BCUT2D eigenvalue weighted by atomic mass is 9.59. The fourth-order valence-corrected chi connectivity index (χ4v) is 2.60. The molecule has 0 radical (unpaired) electrons. The monoisotopic (exact) mass is 354 g/mol. The van der Waals surface area contributed by atoms with Crippen LogP contribution in [0, 0.1) is 16.7 Å². The first kappa shape index (κ1) is 22.1. The third kappa shape index (κ3) is 5.57. The minimum Gasteiger partial charge on any atom is -0.469 e. The highest BCUT2D eigenvalue weighted by Gasteiger charge is 2.52. The molecule has 0 aliphatic heterocycles. The molecule has 0 saturated carbocycles. The molecule has 0 amide bonds. The Hall–Kier alpha value is -0.950. The van der Waals surface area contributed by atoms with E-state index in [4.69, 9.17) is 19.3 Å². The van der Waals surface area contributed by atoms with E-state index in [0.29, 0.717) is 6.42 Å². The van der Waals surface area contributed by atoms with Gasteiger partial charge in [-0.25, -0.2) is 4.57 Å². The van der Waals surface area contributed by atoms with Crippen molar-refractivity contribution in [3.05, 3.63) is 0 Å². The molecule has 2 unspecified atom stereocenters. The van der Waals surface area contributed by atoms with E-state index < -0.39 is 43.1 Å². The SMILES string of the molecule is CCC(C)(C(=O)OC)C(C)(C)C(C)C(=O)OCCOP(=O)(O)O. The summed E-state index contributed by atoms with van der Waals surface area (Å²) < 4.78 is 24.6. The quantitative estimate of drug-likeness (QED) is 0.366. The van der Waals surface area contributed by atoms with E-state index in [-0.39, 0.29) is 6.61 Å². The lowest BCUT2D eigenvalue weighted by Gasteiger charge is -2.44. The first-order chi connectivity index (χ1) is 10.3. The van der Waals surface area contributed by atoms with Gasteiger partial charge in [-0.15, -0.1) is 0 Å². The molecule has 2 atom stereocenters. The standard InChI is InChI=1S/C14H27O8P/c1-7-14(5,12(16)20-6)13(3,4)10(2)11(15)21-8-9-22-23(17,18)19/h10H,7-9H2,1-6H3,(H2,17,18,19). The van der Waals surface area contributed by atoms with Gasteiger partial charge in [0.2, 0.25) is 0 Å². The molecule has 0 aromatic carbocycles. The molecule has 0 spiro atoms. The van der Waals surface area contributed by atoms with E-state index in [0.717, 1.165) is 0 Å². The highest BCUT2D eigenvalue weighted by atomic mass is 31.2. The number of carbonyl (C=O) groups is 2. The molecule has 0 rings (SSSR count). The molecule has 8 nitrogen and oxygen atoms in total. The number of hydrogen-bond donors (Lipinski definition) is 2. The summed E-state index contributed by atoms with van der Waals surface area (Å²) in [6.45, 7) is 8.08. The minimum atomic E-state index is -4.58. The normalized spacial score (nSPS) is 16.3. The summed E-state index contributed by atoms with van der Waals surface area (Å²) in [7, 11) is -3.28. The van der Waals surface area contributed by atoms with Gasteiger partial charge in [0.25, 0.3) is 0 Å². The average molecular weight is 354 g/mol. The fraction of sp³-hybridized carbons (Fsp3) is 0.857. The van der Waals surface area contributed by atoms with Crippen molar-refractivity contribution in [1.82, 2.24) is 0 Å². The van der Waals surface area contributed by atoms with E-state index >= 15 is 0 Å². The number of phosphoric acid groups is 1. The molecule has 0 aliphatic rings. The molecule has 136 valence electrons. The van der Waals surface area contributed by atoms with Crippen molar-refractivity contribution in [3.63, 3.8) is 0 Å². The van der Waals surface area contributed by atoms with Crippen molar-refractivity contribution >= 4 is 19.8 Å². The number of hydrogen-bond acceptors (Lipinski definition) is 6. The number of esters is 2. The van der Waals surface area contributed by atoms with Crippen LogP contribution in [0.2, 0.25) is 0 Å². The molecule has 0 bridgehead atoms. The van der Waals surface area contributed by atoms with E-state index in [1.807, 2.05) is 6.92 Å². The van der Waals surface area contributed by atoms with Gasteiger partial charge in [0.05, 0.1) is 25.0 Å². The summed E-state index contributed by atoms with van der Waals surface area (Å²) in [6.07, 6.45) is 0.478. The molecule has 0 aromatic heterocycles. The summed E-state index contributed by atoms with van der Waals surface area (Å²) >= 11 is 0. The number of phosphoric ester groups is 1. The van der Waals surface area contributed by atoms with E-state index in [2.05, 4.69) is 4.52 Å². The van der Waals surface area contributed by atoms with Crippen LogP contribution in [-0.4, -0.2) is 42.0 Å². The smallest absolute Gasteiger partial charge is 0.469 e. The second-order valence-corrected chi connectivity index (χ2v) is 7.35. The highest BCUT2D eigenvalue weighted by molar-refractivity contribution is 7.46. The van der Waals surface area contributed by atoms with E-state index in [1.165, 1.54) is 7.11 Å². The lowest BCUT2D eigenvalue weighted by Crippen LogP contribution is -2.48. The predicted molar refractivity (Wildman–Crippen MR) is 82.3 cm³/mol. The number of ether oxygens (including phenoxy) is 2. The maximum atomic E-state index is 12.2. The Bertz CT molecular complexity index is 469. The van der Waals surface area contributed by atoms with E-state index in [9.17, 15) is 14.2 Å². The largest absolute Gasteiger partial charge is 0.469 e. The van der Waals surface area contributed by atoms with Gasteiger partial charge in [0.1, 0.15) is 6.61 Å². The number of carbonyl (C=O) groups excluding carboxylic acids is 2. The predicted octanol–water partition coefficient (Wildman–Crippen LogP) is 1.89. The molecule has 23 heavy (non-hydrogen) atoms. The minimum absolute atomic E-state index is 0.286. The van der Waals surface area contributed by atoms with Crippen molar-refractivity contribution in [2.45, 2.75) is 41.0 Å². The summed E-state index contributed by atoms with van der Waals surface area (Å²) in [5.41, 5.74) is -1.64.